The summed E-state index contributed by atoms with van der Waals surface area (Å²) in [5, 5.41) is 2.16. The Balaban J connectivity index is 2.13. The first-order chi connectivity index (χ1) is 12.1. The van der Waals surface area contributed by atoms with Gasteiger partial charge in [-0.25, -0.2) is 22.0 Å². The molecule has 1 amide bonds. The number of carbonyl (C=O) groups is 2. The summed E-state index contributed by atoms with van der Waals surface area (Å²) in [5.41, 5.74) is -0.501. The van der Waals surface area contributed by atoms with Crippen molar-refractivity contribution in [2.45, 2.75) is 17.9 Å². The molecule has 1 N–H and O–H groups in total. The molecule has 0 radical (unpaired) electrons. The average molecular weight is 383 g/mol. The molecule has 0 heterocycles. The number of amides is 1. The number of benzene rings is 2. The fourth-order valence-electron chi connectivity index (χ4n) is 2.06. The van der Waals surface area contributed by atoms with Crippen LogP contribution in [0.3, 0.4) is 0 Å². The van der Waals surface area contributed by atoms with Gasteiger partial charge in [0.2, 0.25) is 0 Å². The maximum Gasteiger partial charge on any atom is 0.340 e. The van der Waals surface area contributed by atoms with E-state index < -0.39 is 39.5 Å². The molecule has 138 valence electrons. The molecule has 0 aromatic heterocycles. The molecule has 0 saturated heterocycles. The van der Waals surface area contributed by atoms with Crippen LogP contribution in [0.25, 0.3) is 0 Å². The number of anilines is 1. The van der Waals surface area contributed by atoms with Crippen LogP contribution >= 0.6 is 0 Å². The number of nitrogens with one attached hydrogen (secondary N) is 1. The van der Waals surface area contributed by atoms with Gasteiger partial charge in [-0.3, -0.25) is 4.79 Å². The fraction of sp³-hybridized carbons (Fsp3) is 0.176. The summed E-state index contributed by atoms with van der Waals surface area (Å²) in [7, 11) is -3.68. The predicted molar refractivity (Wildman–Crippen MR) is 89.4 cm³/mol. The van der Waals surface area contributed by atoms with Crippen LogP contribution in [0.15, 0.2) is 47.4 Å². The summed E-state index contributed by atoms with van der Waals surface area (Å²) in [5.74, 6) is -3.68. The largest absolute Gasteiger partial charge is 0.449 e. The molecule has 6 nitrogen and oxygen atoms in total. The lowest BCUT2D eigenvalue weighted by molar-refractivity contribution is -0.123. The van der Waals surface area contributed by atoms with Crippen molar-refractivity contribution >= 4 is 27.4 Å². The third-order valence-electron chi connectivity index (χ3n) is 3.35. The van der Waals surface area contributed by atoms with Crippen LogP contribution in [-0.4, -0.2) is 32.7 Å². The third-order valence-corrected chi connectivity index (χ3v) is 4.50. The van der Waals surface area contributed by atoms with Crippen LogP contribution in [0.5, 0.6) is 0 Å². The van der Waals surface area contributed by atoms with E-state index in [1.807, 2.05) is 0 Å². The van der Waals surface area contributed by atoms with Gasteiger partial charge in [0.05, 0.1) is 16.1 Å². The van der Waals surface area contributed by atoms with Crippen LogP contribution in [-0.2, 0) is 19.4 Å². The zero-order chi connectivity index (χ0) is 19.5. The third kappa shape index (κ3) is 4.63. The minimum atomic E-state index is -3.68. The number of rotatable bonds is 5. The van der Waals surface area contributed by atoms with Crippen molar-refractivity contribution in [2.75, 3.05) is 11.6 Å². The van der Waals surface area contributed by atoms with Crippen LogP contribution in [0.4, 0.5) is 14.5 Å². The van der Waals surface area contributed by atoms with Gasteiger partial charge in [-0.2, -0.15) is 0 Å². The van der Waals surface area contributed by atoms with E-state index in [9.17, 15) is 26.8 Å². The van der Waals surface area contributed by atoms with E-state index in [-0.39, 0.29) is 16.1 Å². The number of esters is 1. The molecule has 1 unspecified atom stereocenters. The van der Waals surface area contributed by atoms with Gasteiger partial charge < -0.3 is 10.1 Å². The number of hydrogen-bond donors (Lipinski definition) is 1. The van der Waals surface area contributed by atoms with Crippen molar-refractivity contribution in [3.8, 4) is 0 Å². The normalized spacial score (nSPS) is 12.3. The lowest BCUT2D eigenvalue weighted by Gasteiger charge is -2.15. The van der Waals surface area contributed by atoms with Gasteiger partial charge in [0.25, 0.3) is 5.91 Å². The van der Waals surface area contributed by atoms with Gasteiger partial charge in [-0.1, -0.05) is 12.1 Å². The van der Waals surface area contributed by atoms with Crippen LogP contribution in [0.1, 0.15) is 17.3 Å². The highest BCUT2D eigenvalue weighted by Gasteiger charge is 2.24. The molecular weight excluding hydrogens is 368 g/mol. The number of halogens is 2. The van der Waals surface area contributed by atoms with E-state index in [4.69, 9.17) is 4.74 Å². The molecule has 2 aromatic carbocycles. The molecule has 0 spiro atoms. The number of sulfone groups is 1. The maximum absolute atomic E-state index is 13.6. The van der Waals surface area contributed by atoms with E-state index in [1.165, 1.54) is 31.2 Å². The molecule has 2 rings (SSSR count). The summed E-state index contributed by atoms with van der Waals surface area (Å²) >= 11 is 0. The Morgan fingerprint density at radius 2 is 1.77 bits per heavy atom. The number of carbonyl (C=O) groups excluding carboxylic acids is 2. The predicted octanol–water partition coefficient (Wildman–Crippen LogP) is 2.55. The van der Waals surface area contributed by atoms with Gasteiger partial charge in [0, 0.05) is 12.3 Å². The quantitative estimate of drug-likeness (QED) is 0.802. The lowest BCUT2D eigenvalue weighted by Crippen LogP contribution is -2.30. The monoisotopic (exact) mass is 383 g/mol. The zero-order valence-electron chi connectivity index (χ0n) is 13.8. The second-order valence-corrected chi connectivity index (χ2v) is 7.41. The van der Waals surface area contributed by atoms with Crippen LogP contribution < -0.4 is 5.32 Å². The second kappa shape index (κ2) is 7.61. The molecular formula is C17H15F2NO5S. The standard InChI is InChI=1S/C17H15F2NO5S/c1-10(16(21)20-14-8-7-11(18)9-13(14)19)25-17(22)12-5-3-4-6-15(12)26(2,23)24/h3-10H,1-2H3,(H,20,21). The Hall–Kier alpha value is -2.81. The first-order valence-electron chi connectivity index (χ1n) is 7.35. The Kier molecular flexibility index (Phi) is 5.71. The van der Waals surface area contributed by atoms with Gasteiger partial charge in [0.15, 0.2) is 15.9 Å². The van der Waals surface area contributed by atoms with Gasteiger partial charge in [-0.05, 0) is 31.2 Å². The molecule has 0 bridgehead atoms. The first kappa shape index (κ1) is 19.5. The summed E-state index contributed by atoms with van der Waals surface area (Å²) in [4.78, 5) is 24.0. The maximum atomic E-state index is 13.6. The smallest absolute Gasteiger partial charge is 0.340 e. The van der Waals surface area contributed by atoms with Crippen LogP contribution in [0, 0.1) is 11.6 Å². The molecule has 9 heteroatoms. The molecule has 0 fully saturated rings. The minimum absolute atomic E-state index is 0.220. The van der Waals surface area contributed by atoms with Gasteiger partial charge in [-0.15, -0.1) is 0 Å². The highest BCUT2D eigenvalue weighted by Crippen LogP contribution is 2.18. The van der Waals surface area contributed by atoms with Crippen molar-refractivity contribution in [1.82, 2.24) is 0 Å². The summed E-state index contributed by atoms with van der Waals surface area (Å²) in [6, 6.07) is 7.96. The van der Waals surface area contributed by atoms with E-state index >= 15 is 0 Å². The minimum Gasteiger partial charge on any atom is -0.449 e. The SMILES string of the molecule is CC(OC(=O)c1ccccc1S(C)(=O)=O)C(=O)Nc1ccc(F)cc1F. The Labute approximate surface area is 148 Å². The molecule has 0 aliphatic carbocycles. The topological polar surface area (TPSA) is 89.5 Å². The Bertz CT molecular complexity index is 959. The molecule has 0 aliphatic rings. The van der Waals surface area contributed by atoms with E-state index in [0.29, 0.717) is 6.07 Å². The first-order valence-corrected chi connectivity index (χ1v) is 9.24. The lowest BCUT2D eigenvalue weighted by atomic mass is 10.2. The molecule has 26 heavy (non-hydrogen) atoms. The van der Waals surface area contributed by atoms with Crippen molar-refractivity contribution in [3.05, 3.63) is 59.7 Å². The summed E-state index contributed by atoms with van der Waals surface area (Å²) in [6.07, 6.45) is -0.411. The molecule has 2 aromatic rings. The highest BCUT2D eigenvalue weighted by atomic mass is 32.2. The van der Waals surface area contributed by atoms with E-state index in [1.54, 1.807) is 0 Å². The van der Waals surface area contributed by atoms with Gasteiger partial charge >= 0.3 is 5.97 Å². The van der Waals surface area contributed by atoms with Crippen molar-refractivity contribution in [3.63, 3.8) is 0 Å². The fourth-order valence-corrected chi connectivity index (χ4v) is 2.94. The Morgan fingerprint density at radius 3 is 2.38 bits per heavy atom. The van der Waals surface area contributed by atoms with Crippen LogP contribution in [0.2, 0.25) is 0 Å². The zero-order valence-corrected chi connectivity index (χ0v) is 14.6. The second-order valence-electron chi connectivity index (χ2n) is 5.43. The van der Waals surface area contributed by atoms with Crippen molar-refractivity contribution in [2.24, 2.45) is 0 Å². The Morgan fingerprint density at radius 1 is 1.12 bits per heavy atom. The molecule has 0 aliphatic heterocycles. The number of hydrogen-bond acceptors (Lipinski definition) is 5. The van der Waals surface area contributed by atoms with E-state index in [2.05, 4.69) is 5.32 Å². The van der Waals surface area contributed by atoms with E-state index in [0.717, 1.165) is 18.4 Å². The molecule has 0 saturated carbocycles. The highest BCUT2D eigenvalue weighted by molar-refractivity contribution is 7.90. The summed E-state index contributed by atoms with van der Waals surface area (Å²) < 4.78 is 54.8. The number of ether oxygens (including phenoxy) is 1. The van der Waals surface area contributed by atoms with Crippen molar-refractivity contribution in [1.29, 1.82) is 0 Å². The average Bonchev–Trinajstić information content (AvgIpc) is 2.56. The molecule has 1 atom stereocenters. The summed E-state index contributed by atoms with van der Waals surface area (Å²) in [6.45, 7) is 1.23. The van der Waals surface area contributed by atoms with Gasteiger partial charge in [0.1, 0.15) is 11.6 Å². The van der Waals surface area contributed by atoms with Crippen molar-refractivity contribution < 1.29 is 31.5 Å².